The first kappa shape index (κ1) is 19.8. The minimum Gasteiger partial charge on any atom is -0.507 e. The van der Waals surface area contributed by atoms with Crippen LogP contribution in [0.1, 0.15) is 23.6 Å². The molecule has 6 nitrogen and oxygen atoms in total. The number of hydrogen-bond donors (Lipinski definition) is 3. The molecule has 1 amide bonds. The number of aliphatic hydroxyl groups is 2. The van der Waals surface area contributed by atoms with Gasteiger partial charge in [-0.2, -0.15) is 0 Å². The first-order valence-electron chi connectivity index (χ1n) is 9.35. The quantitative estimate of drug-likeness (QED) is 0.282. The van der Waals surface area contributed by atoms with Crippen LogP contribution in [0.5, 0.6) is 0 Å². The number of benzene rings is 2. The molecule has 0 aromatic heterocycles. The van der Waals surface area contributed by atoms with E-state index in [1.807, 2.05) is 36.4 Å². The van der Waals surface area contributed by atoms with Crippen LogP contribution in [-0.2, 0) is 9.59 Å². The van der Waals surface area contributed by atoms with E-state index in [0.717, 1.165) is 5.56 Å². The lowest BCUT2D eigenvalue weighted by Crippen LogP contribution is -2.32. The maximum atomic E-state index is 12.8. The van der Waals surface area contributed by atoms with Crippen molar-refractivity contribution in [2.75, 3.05) is 26.2 Å². The Morgan fingerprint density at radius 2 is 1.61 bits per heavy atom. The second-order valence-electron chi connectivity index (χ2n) is 6.60. The minimum atomic E-state index is -0.668. The number of hydrogen-bond acceptors (Lipinski definition) is 5. The van der Waals surface area contributed by atoms with Crippen molar-refractivity contribution in [3.8, 4) is 0 Å². The summed E-state index contributed by atoms with van der Waals surface area (Å²) in [6.45, 7) is 1.51. The molecule has 28 heavy (non-hydrogen) atoms. The smallest absolute Gasteiger partial charge is 0.295 e. The van der Waals surface area contributed by atoms with E-state index in [4.69, 9.17) is 5.11 Å². The van der Waals surface area contributed by atoms with Gasteiger partial charge >= 0.3 is 0 Å². The van der Waals surface area contributed by atoms with Crippen LogP contribution in [0.3, 0.4) is 0 Å². The van der Waals surface area contributed by atoms with E-state index >= 15 is 0 Å². The fraction of sp³-hybridized carbons (Fsp3) is 0.273. The van der Waals surface area contributed by atoms with Crippen LogP contribution in [0, 0.1) is 0 Å². The zero-order valence-electron chi connectivity index (χ0n) is 15.5. The summed E-state index contributed by atoms with van der Waals surface area (Å²) in [6.07, 6.45) is 0.627. The van der Waals surface area contributed by atoms with E-state index in [9.17, 15) is 14.7 Å². The molecule has 6 heteroatoms. The molecule has 0 aliphatic carbocycles. The van der Waals surface area contributed by atoms with Crippen LogP contribution < -0.4 is 5.32 Å². The van der Waals surface area contributed by atoms with Crippen molar-refractivity contribution < 1.29 is 19.8 Å². The Morgan fingerprint density at radius 3 is 2.25 bits per heavy atom. The summed E-state index contributed by atoms with van der Waals surface area (Å²) in [5, 5.41) is 22.7. The number of likely N-dealkylation sites (tertiary alicyclic amines) is 1. The number of aliphatic hydroxyl groups excluding tert-OH is 2. The third kappa shape index (κ3) is 4.13. The second kappa shape index (κ2) is 9.30. The summed E-state index contributed by atoms with van der Waals surface area (Å²) in [5.74, 6) is -1.43. The molecule has 1 heterocycles. The van der Waals surface area contributed by atoms with Crippen LogP contribution in [0.4, 0.5) is 0 Å². The van der Waals surface area contributed by atoms with Crippen molar-refractivity contribution in [3.05, 3.63) is 77.4 Å². The third-order valence-electron chi connectivity index (χ3n) is 4.74. The number of nitrogens with zero attached hydrogens (tertiary/aromatic N) is 1. The van der Waals surface area contributed by atoms with Crippen molar-refractivity contribution in [1.29, 1.82) is 0 Å². The Labute approximate surface area is 164 Å². The van der Waals surface area contributed by atoms with E-state index < -0.39 is 17.7 Å². The number of amides is 1. The largest absolute Gasteiger partial charge is 0.507 e. The molecule has 2 aromatic rings. The number of carbonyl (C=O) groups excluding carboxylic acids is 2. The highest BCUT2D eigenvalue weighted by Crippen LogP contribution is 2.39. The van der Waals surface area contributed by atoms with E-state index in [2.05, 4.69) is 5.32 Å². The van der Waals surface area contributed by atoms with Crippen LogP contribution in [0.15, 0.2) is 66.2 Å². The summed E-state index contributed by atoms with van der Waals surface area (Å²) < 4.78 is 0. The number of rotatable bonds is 8. The van der Waals surface area contributed by atoms with Gasteiger partial charge in [0.2, 0.25) is 0 Å². The molecule has 2 aromatic carbocycles. The van der Waals surface area contributed by atoms with Gasteiger partial charge in [0.15, 0.2) is 0 Å². The lowest BCUT2D eigenvalue weighted by Gasteiger charge is -2.25. The second-order valence-corrected chi connectivity index (χ2v) is 6.60. The topological polar surface area (TPSA) is 89.9 Å². The third-order valence-corrected chi connectivity index (χ3v) is 4.74. The van der Waals surface area contributed by atoms with Gasteiger partial charge in [-0.3, -0.25) is 9.59 Å². The molecule has 1 unspecified atom stereocenters. The molecule has 146 valence electrons. The van der Waals surface area contributed by atoms with Crippen LogP contribution >= 0.6 is 0 Å². The monoisotopic (exact) mass is 380 g/mol. The summed E-state index contributed by atoms with van der Waals surface area (Å²) in [7, 11) is 0. The molecule has 3 N–H and O–H groups in total. The van der Waals surface area contributed by atoms with Gasteiger partial charge in [0, 0.05) is 18.7 Å². The van der Waals surface area contributed by atoms with Crippen LogP contribution in [0.2, 0.25) is 0 Å². The maximum Gasteiger partial charge on any atom is 0.295 e. The van der Waals surface area contributed by atoms with Crippen molar-refractivity contribution in [1.82, 2.24) is 10.2 Å². The average molecular weight is 380 g/mol. The lowest BCUT2D eigenvalue weighted by molar-refractivity contribution is -0.139. The highest BCUT2D eigenvalue weighted by Gasteiger charge is 2.45. The summed E-state index contributed by atoms with van der Waals surface area (Å²) in [4.78, 5) is 27.0. The zero-order chi connectivity index (χ0) is 19.9. The molecule has 0 saturated carbocycles. The molecule has 0 spiro atoms. The van der Waals surface area contributed by atoms with Crippen molar-refractivity contribution in [3.63, 3.8) is 0 Å². The standard InChI is InChI=1S/C22H24N2O4/c25-15-13-23-12-7-14-24-19(16-8-3-1-4-9-16)18(21(27)22(24)28)20(26)17-10-5-2-6-11-17/h1-6,8-11,19,23,25-26H,7,12-15H2/b20-18+. The van der Waals surface area contributed by atoms with Gasteiger partial charge in [0.1, 0.15) is 5.76 Å². The van der Waals surface area contributed by atoms with Gasteiger partial charge in [-0.15, -0.1) is 0 Å². The van der Waals surface area contributed by atoms with Crippen molar-refractivity contribution in [2.24, 2.45) is 0 Å². The molecule has 3 rings (SSSR count). The van der Waals surface area contributed by atoms with E-state index in [-0.39, 0.29) is 17.9 Å². The average Bonchev–Trinajstić information content (AvgIpc) is 2.99. The van der Waals surface area contributed by atoms with Crippen LogP contribution in [-0.4, -0.2) is 53.0 Å². The molecular weight excluding hydrogens is 356 g/mol. The number of carbonyl (C=O) groups is 2. The van der Waals surface area contributed by atoms with E-state index in [1.165, 1.54) is 4.90 Å². The zero-order valence-corrected chi connectivity index (χ0v) is 15.5. The summed E-state index contributed by atoms with van der Waals surface area (Å²) >= 11 is 0. The number of Topliss-reactive ketones (excluding diaryl/α,β-unsaturated/α-hetero) is 1. The van der Waals surface area contributed by atoms with Crippen LogP contribution in [0.25, 0.3) is 5.76 Å². The number of nitrogens with one attached hydrogen (secondary N) is 1. The SMILES string of the molecule is O=C1C(=O)N(CCCNCCO)C(c2ccccc2)/C1=C(\O)c1ccccc1. The Kier molecular flexibility index (Phi) is 6.57. The van der Waals surface area contributed by atoms with E-state index in [0.29, 0.717) is 31.6 Å². The Hall–Kier alpha value is -2.96. The van der Waals surface area contributed by atoms with Crippen molar-refractivity contribution in [2.45, 2.75) is 12.5 Å². The van der Waals surface area contributed by atoms with Crippen molar-refractivity contribution >= 4 is 17.4 Å². The lowest BCUT2D eigenvalue weighted by atomic mass is 9.95. The summed E-state index contributed by atoms with van der Waals surface area (Å²) in [5.41, 5.74) is 1.40. The van der Waals surface area contributed by atoms with Gasteiger partial charge in [0.25, 0.3) is 11.7 Å². The van der Waals surface area contributed by atoms with Gasteiger partial charge in [-0.1, -0.05) is 60.7 Å². The first-order valence-corrected chi connectivity index (χ1v) is 9.35. The molecule has 0 bridgehead atoms. The van der Waals surface area contributed by atoms with Gasteiger partial charge in [0.05, 0.1) is 18.2 Å². The minimum absolute atomic E-state index is 0.0472. The first-order chi connectivity index (χ1) is 13.6. The Bertz CT molecular complexity index is 849. The molecule has 1 saturated heterocycles. The number of ketones is 1. The molecule has 1 aliphatic heterocycles. The fourth-order valence-electron chi connectivity index (χ4n) is 3.42. The molecule has 1 atom stereocenters. The molecule has 1 aliphatic rings. The van der Waals surface area contributed by atoms with Gasteiger partial charge in [-0.25, -0.2) is 0 Å². The Balaban J connectivity index is 1.96. The summed E-state index contributed by atoms with van der Waals surface area (Å²) in [6, 6.07) is 17.4. The Morgan fingerprint density at radius 1 is 0.964 bits per heavy atom. The fourth-order valence-corrected chi connectivity index (χ4v) is 3.42. The van der Waals surface area contributed by atoms with Gasteiger partial charge < -0.3 is 20.4 Å². The van der Waals surface area contributed by atoms with Gasteiger partial charge in [-0.05, 0) is 18.5 Å². The normalized spacial score (nSPS) is 18.6. The molecule has 0 radical (unpaired) electrons. The van der Waals surface area contributed by atoms with E-state index in [1.54, 1.807) is 24.3 Å². The highest BCUT2D eigenvalue weighted by molar-refractivity contribution is 6.46. The predicted octanol–water partition coefficient (Wildman–Crippen LogP) is 2.08. The molecule has 1 fully saturated rings. The molecular formula is C22H24N2O4. The maximum absolute atomic E-state index is 12.8. The highest BCUT2D eigenvalue weighted by atomic mass is 16.3. The predicted molar refractivity (Wildman–Crippen MR) is 106 cm³/mol.